The summed E-state index contributed by atoms with van der Waals surface area (Å²) in [5.41, 5.74) is 1.22. The molecule has 0 saturated heterocycles. The zero-order valence-corrected chi connectivity index (χ0v) is 13.9. The highest BCUT2D eigenvalue weighted by atomic mass is 16.2. The minimum atomic E-state index is -0.300. The van der Waals surface area contributed by atoms with E-state index in [-0.39, 0.29) is 23.9 Å². The molecule has 0 aliphatic heterocycles. The molecule has 1 amide bonds. The van der Waals surface area contributed by atoms with Crippen LogP contribution in [-0.2, 0) is 11.2 Å². The van der Waals surface area contributed by atoms with E-state index in [9.17, 15) is 9.59 Å². The Labute approximate surface area is 135 Å². The van der Waals surface area contributed by atoms with Gasteiger partial charge in [-0.05, 0) is 31.9 Å². The molecule has 2 rings (SSSR count). The minimum Gasteiger partial charge on any atom is -0.353 e. The van der Waals surface area contributed by atoms with E-state index >= 15 is 0 Å². The summed E-state index contributed by atoms with van der Waals surface area (Å²) >= 11 is 0. The smallest absolute Gasteiger partial charge is 0.255 e. The van der Waals surface area contributed by atoms with Gasteiger partial charge in [-0.25, -0.2) is 4.98 Å². The van der Waals surface area contributed by atoms with Gasteiger partial charge in [0.05, 0.1) is 6.42 Å². The van der Waals surface area contributed by atoms with Gasteiger partial charge in [0.25, 0.3) is 5.56 Å². The number of aromatic nitrogens is 3. The van der Waals surface area contributed by atoms with Crippen molar-refractivity contribution in [2.75, 3.05) is 0 Å². The fourth-order valence-corrected chi connectivity index (χ4v) is 2.07. The van der Waals surface area contributed by atoms with Gasteiger partial charge in [0.2, 0.25) is 5.91 Å². The normalized spacial score (nSPS) is 12.2. The fourth-order valence-electron chi connectivity index (χ4n) is 2.07. The second kappa shape index (κ2) is 7.17. The molecule has 6 heteroatoms. The lowest BCUT2D eigenvalue weighted by Crippen LogP contribution is -2.38. The van der Waals surface area contributed by atoms with Crippen LogP contribution in [0.15, 0.2) is 29.2 Å². The first-order valence-corrected chi connectivity index (χ1v) is 7.69. The number of aryl methyl sites for hydroxylation is 1. The molecule has 0 aliphatic rings. The van der Waals surface area contributed by atoms with E-state index in [2.05, 4.69) is 20.3 Å². The molecule has 2 aromatic rings. The number of hydrogen-bond donors (Lipinski definition) is 2. The number of nitrogens with zero attached hydrogens (tertiary/aromatic N) is 2. The Morgan fingerprint density at radius 3 is 2.61 bits per heavy atom. The lowest BCUT2D eigenvalue weighted by atomic mass is 10.1. The van der Waals surface area contributed by atoms with E-state index in [0.29, 0.717) is 28.7 Å². The van der Waals surface area contributed by atoms with E-state index in [1.54, 1.807) is 25.3 Å². The number of rotatable bonds is 5. The molecule has 122 valence electrons. The lowest BCUT2D eigenvalue weighted by Gasteiger charge is -2.17. The van der Waals surface area contributed by atoms with Crippen molar-refractivity contribution in [3.63, 3.8) is 0 Å². The Hall–Kier alpha value is -2.50. The largest absolute Gasteiger partial charge is 0.353 e. The predicted molar refractivity (Wildman–Crippen MR) is 89.0 cm³/mol. The Bertz CT molecular complexity index is 738. The van der Waals surface area contributed by atoms with Crippen LogP contribution in [0, 0.1) is 12.8 Å². The number of H-pyrrole nitrogens is 1. The molecule has 23 heavy (non-hydrogen) atoms. The Morgan fingerprint density at radius 1 is 1.30 bits per heavy atom. The summed E-state index contributed by atoms with van der Waals surface area (Å²) in [5, 5.41) is 2.90. The molecule has 6 nitrogen and oxygen atoms in total. The topological polar surface area (TPSA) is 87.7 Å². The highest BCUT2D eigenvalue weighted by molar-refractivity contribution is 5.79. The SMILES string of the molecule is Cc1nc(-c2ccccn2)[nH]c(=O)c1CC(=O)N[C@@H](C)C(C)C. The molecule has 0 aliphatic carbocycles. The molecule has 0 bridgehead atoms. The molecule has 2 heterocycles. The first kappa shape index (κ1) is 16.9. The van der Waals surface area contributed by atoms with Crippen molar-refractivity contribution in [1.82, 2.24) is 20.3 Å². The number of carbonyl (C=O) groups excluding carboxylic acids is 1. The molecular weight excluding hydrogens is 292 g/mol. The molecule has 0 spiro atoms. The fraction of sp³-hybridized carbons (Fsp3) is 0.412. The average Bonchev–Trinajstić information content (AvgIpc) is 2.51. The zero-order chi connectivity index (χ0) is 17.0. The maximum atomic E-state index is 12.3. The van der Waals surface area contributed by atoms with Gasteiger partial charge in [-0.15, -0.1) is 0 Å². The summed E-state index contributed by atoms with van der Waals surface area (Å²) in [6, 6.07) is 5.45. The van der Waals surface area contributed by atoms with Crippen LogP contribution in [0.25, 0.3) is 11.5 Å². The van der Waals surface area contributed by atoms with Crippen molar-refractivity contribution in [3.8, 4) is 11.5 Å². The van der Waals surface area contributed by atoms with Gasteiger partial charge in [0.1, 0.15) is 5.69 Å². The first-order valence-electron chi connectivity index (χ1n) is 7.69. The second-order valence-electron chi connectivity index (χ2n) is 5.97. The number of pyridine rings is 1. The number of aromatic amines is 1. The molecule has 2 aromatic heterocycles. The van der Waals surface area contributed by atoms with Crippen molar-refractivity contribution in [3.05, 3.63) is 46.0 Å². The van der Waals surface area contributed by atoms with E-state index in [1.165, 1.54) is 0 Å². The van der Waals surface area contributed by atoms with E-state index in [1.807, 2.05) is 26.8 Å². The van der Waals surface area contributed by atoms with Crippen molar-refractivity contribution in [2.45, 2.75) is 40.2 Å². The van der Waals surface area contributed by atoms with Crippen LogP contribution in [-0.4, -0.2) is 26.9 Å². The standard InChI is InChI=1S/C17H22N4O2/c1-10(2)11(3)19-15(22)9-13-12(4)20-16(21-17(13)23)14-7-5-6-8-18-14/h5-8,10-11H,9H2,1-4H3,(H,19,22)(H,20,21,23)/t11-/m0/s1. The van der Waals surface area contributed by atoms with Crippen LogP contribution in [0.1, 0.15) is 32.0 Å². The molecule has 0 unspecified atom stereocenters. The van der Waals surface area contributed by atoms with Gasteiger partial charge in [-0.2, -0.15) is 0 Å². The third kappa shape index (κ3) is 4.25. The molecule has 0 aromatic carbocycles. The second-order valence-corrected chi connectivity index (χ2v) is 5.97. The van der Waals surface area contributed by atoms with Crippen molar-refractivity contribution in [2.24, 2.45) is 5.92 Å². The van der Waals surface area contributed by atoms with Crippen molar-refractivity contribution in [1.29, 1.82) is 0 Å². The van der Waals surface area contributed by atoms with Crippen molar-refractivity contribution >= 4 is 5.91 Å². The summed E-state index contributed by atoms with van der Waals surface area (Å²) in [5.74, 6) is 0.572. The van der Waals surface area contributed by atoms with Gasteiger partial charge in [0, 0.05) is 23.5 Å². The van der Waals surface area contributed by atoms with Crippen molar-refractivity contribution < 1.29 is 4.79 Å². The quantitative estimate of drug-likeness (QED) is 0.881. The van der Waals surface area contributed by atoms with Gasteiger partial charge >= 0.3 is 0 Å². The van der Waals surface area contributed by atoms with E-state index in [4.69, 9.17) is 0 Å². The molecule has 2 N–H and O–H groups in total. The maximum absolute atomic E-state index is 12.3. The number of carbonyl (C=O) groups is 1. The summed E-state index contributed by atoms with van der Waals surface area (Å²) in [7, 11) is 0. The number of hydrogen-bond acceptors (Lipinski definition) is 4. The summed E-state index contributed by atoms with van der Waals surface area (Å²) in [4.78, 5) is 35.6. The van der Waals surface area contributed by atoms with Crippen LogP contribution >= 0.6 is 0 Å². The summed E-state index contributed by atoms with van der Waals surface area (Å²) < 4.78 is 0. The van der Waals surface area contributed by atoms with Gasteiger partial charge in [-0.3, -0.25) is 14.6 Å². The monoisotopic (exact) mass is 314 g/mol. The van der Waals surface area contributed by atoms with Crippen LogP contribution in [0.3, 0.4) is 0 Å². The molecule has 0 radical (unpaired) electrons. The third-order valence-corrected chi connectivity index (χ3v) is 3.86. The summed E-state index contributed by atoms with van der Waals surface area (Å²) in [6.45, 7) is 7.75. The van der Waals surface area contributed by atoms with Crippen LogP contribution in [0.5, 0.6) is 0 Å². The van der Waals surface area contributed by atoms with Crippen LogP contribution < -0.4 is 10.9 Å². The van der Waals surface area contributed by atoms with Gasteiger partial charge in [0.15, 0.2) is 5.82 Å². The zero-order valence-electron chi connectivity index (χ0n) is 13.9. The minimum absolute atomic E-state index is 0.0216. The molecular formula is C17H22N4O2. The Morgan fingerprint density at radius 2 is 2.04 bits per heavy atom. The van der Waals surface area contributed by atoms with Gasteiger partial charge < -0.3 is 10.3 Å². The number of amides is 1. The average molecular weight is 314 g/mol. The molecule has 0 saturated carbocycles. The van der Waals surface area contributed by atoms with Crippen LogP contribution in [0.2, 0.25) is 0 Å². The van der Waals surface area contributed by atoms with E-state index < -0.39 is 0 Å². The van der Waals surface area contributed by atoms with Crippen LogP contribution in [0.4, 0.5) is 0 Å². The van der Waals surface area contributed by atoms with Gasteiger partial charge in [-0.1, -0.05) is 19.9 Å². The predicted octanol–water partition coefficient (Wildman–Crippen LogP) is 1.84. The summed E-state index contributed by atoms with van der Waals surface area (Å²) in [6.07, 6.45) is 1.66. The highest BCUT2D eigenvalue weighted by Gasteiger charge is 2.16. The third-order valence-electron chi connectivity index (χ3n) is 3.86. The Kier molecular flexibility index (Phi) is 5.26. The molecule has 1 atom stereocenters. The lowest BCUT2D eigenvalue weighted by molar-refractivity contribution is -0.121. The Balaban J connectivity index is 2.21. The highest BCUT2D eigenvalue weighted by Crippen LogP contribution is 2.11. The van der Waals surface area contributed by atoms with E-state index in [0.717, 1.165) is 0 Å². The first-order chi connectivity index (χ1) is 10.9. The molecule has 0 fully saturated rings. The maximum Gasteiger partial charge on any atom is 0.255 e. The number of nitrogens with one attached hydrogen (secondary N) is 2.